The van der Waals surface area contributed by atoms with E-state index in [1.54, 1.807) is 17.9 Å². The molecular formula is C16H22N4O2. The average Bonchev–Trinajstić information content (AvgIpc) is 2.99. The number of aliphatic hydroxyl groups is 1. The standard InChI is InChI=1S/C16H22N4O2/c1-17-16(22)14-6-4-13(5-7-14)10-19(2)11-15(21)12-20-9-3-8-18-20/h3-9,15,21H,10-12H2,1-2H3,(H,17,22). The van der Waals surface area contributed by atoms with Gasteiger partial charge in [0.05, 0.1) is 12.6 Å². The van der Waals surface area contributed by atoms with Crippen LogP contribution >= 0.6 is 0 Å². The minimum absolute atomic E-state index is 0.0884. The van der Waals surface area contributed by atoms with Crippen LogP contribution in [0, 0.1) is 0 Å². The van der Waals surface area contributed by atoms with Crippen molar-refractivity contribution in [2.24, 2.45) is 0 Å². The summed E-state index contributed by atoms with van der Waals surface area (Å²) in [7, 11) is 3.57. The molecule has 118 valence electrons. The van der Waals surface area contributed by atoms with Crippen molar-refractivity contribution < 1.29 is 9.90 Å². The number of benzene rings is 1. The Kier molecular flexibility index (Phi) is 5.68. The predicted molar refractivity (Wildman–Crippen MR) is 84.4 cm³/mol. The van der Waals surface area contributed by atoms with Crippen LogP contribution in [0.25, 0.3) is 0 Å². The van der Waals surface area contributed by atoms with E-state index in [1.165, 1.54) is 0 Å². The van der Waals surface area contributed by atoms with Crippen molar-refractivity contribution in [2.75, 3.05) is 20.6 Å². The highest BCUT2D eigenvalue weighted by molar-refractivity contribution is 5.93. The fourth-order valence-electron chi connectivity index (χ4n) is 2.32. The minimum atomic E-state index is -0.477. The van der Waals surface area contributed by atoms with Gasteiger partial charge in [-0.3, -0.25) is 14.4 Å². The molecule has 1 aromatic heterocycles. The number of likely N-dealkylation sites (N-methyl/N-ethyl adjacent to an activating group) is 1. The van der Waals surface area contributed by atoms with Gasteiger partial charge in [0.1, 0.15) is 0 Å². The van der Waals surface area contributed by atoms with Gasteiger partial charge < -0.3 is 10.4 Å². The lowest BCUT2D eigenvalue weighted by molar-refractivity contribution is 0.0963. The number of nitrogens with zero attached hydrogens (tertiary/aromatic N) is 3. The van der Waals surface area contributed by atoms with Crippen LogP contribution in [0.2, 0.25) is 0 Å². The molecule has 22 heavy (non-hydrogen) atoms. The van der Waals surface area contributed by atoms with E-state index in [9.17, 15) is 9.90 Å². The second-order valence-corrected chi connectivity index (χ2v) is 5.35. The number of amides is 1. The predicted octanol–water partition coefficient (Wildman–Crippen LogP) is 0.736. The molecule has 6 nitrogen and oxygen atoms in total. The molecule has 2 N–H and O–H groups in total. The van der Waals surface area contributed by atoms with E-state index in [0.717, 1.165) is 5.56 Å². The number of hydrogen-bond acceptors (Lipinski definition) is 4. The van der Waals surface area contributed by atoms with Crippen molar-refractivity contribution in [2.45, 2.75) is 19.2 Å². The van der Waals surface area contributed by atoms with E-state index >= 15 is 0 Å². The van der Waals surface area contributed by atoms with Gasteiger partial charge in [-0.05, 0) is 30.8 Å². The first-order chi connectivity index (χ1) is 10.6. The topological polar surface area (TPSA) is 70.4 Å². The molecule has 2 rings (SSSR count). The van der Waals surface area contributed by atoms with E-state index < -0.39 is 6.10 Å². The van der Waals surface area contributed by atoms with Crippen LogP contribution in [0.15, 0.2) is 42.7 Å². The number of rotatable bonds is 7. The Hall–Kier alpha value is -2.18. The van der Waals surface area contributed by atoms with Gasteiger partial charge in [0, 0.05) is 38.1 Å². The van der Waals surface area contributed by atoms with Crippen LogP contribution in [-0.4, -0.2) is 52.4 Å². The second-order valence-electron chi connectivity index (χ2n) is 5.35. The minimum Gasteiger partial charge on any atom is -0.390 e. The molecule has 0 aliphatic heterocycles. The SMILES string of the molecule is CNC(=O)c1ccc(CN(C)CC(O)Cn2cccn2)cc1. The van der Waals surface area contributed by atoms with Gasteiger partial charge >= 0.3 is 0 Å². The van der Waals surface area contributed by atoms with Crippen molar-refractivity contribution in [1.82, 2.24) is 20.0 Å². The zero-order valence-electron chi connectivity index (χ0n) is 12.9. The average molecular weight is 302 g/mol. The quantitative estimate of drug-likeness (QED) is 0.791. The number of carbonyl (C=O) groups is 1. The van der Waals surface area contributed by atoms with Gasteiger partial charge in [0.15, 0.2) is 0 Å². The third-order valence-corrected chi connectivity index (χ3v) is 3.38. The van der Waals surface area contributed by atoms with Gasteiger partial charge in [-0.2, -0.15) is 5.10 Å². The summed E-state index contributed by atoms with van der Waals surface area (Å²) in [6.07, 6.45) is 3.06. The van der Waals surface area contributed by atoms with Crippen molar-refractivity contribution >= 4 is 5.91 Å². The van der Waals surface area contributed by atoms with Gasteiger partial charge in [-0.25, -0.2) is 0 Å². The molecule has 2 aromatic rings. The summed E-state index contributed by atoms with van der Waals surface area (Å²) < 4.78 is 1.72. The lowest BCUT2D eigenvalue weighted by atomic mass is 10.1. The third kappa shape index (κ3) is 4.68. The number of nitrogens with one attached hydrogen (secondary N) is 1. The molecule has 0 saturated heterocycles. The van der Waals surface area contributed by atoms with Crippen LogP contribution in [0.5, 0.6) is 0 Å². The lowest BCUT2D eigenvalue weighted by Gasteiger charge is -2.20. The number of hydrogen-bond donors (Lipinski definition) is 2. The molecule has 0 saturated carbocycles. The van der Waals surface area contributed by atoms with Crippen molar-refractivity contribution in [1.29, 1.82) is 0 Å². The summed E-state index contributed by atoms with van der Waals surface area (Å²) >= 11 is 0. The third-order valence-electron chi connectivity index (χ3n) is 3.38. The molecule has 0 aliphatic rings. The Morgan fingerprint density at radius 3 is 2.73 bits per heavy atom. The summed E-state index contributed by atoms with van der Waals surface area (Å²) in [4.78, 5) is 13.5. The largest absolute Gasteiger partial charge is 0.390 e. The summed E-state index contributed by atoms with van der Waals surface area (Å²) in [5, 5.41) is 16.7. The molecule has 1 aromatic carbocycles. The number of aliphatic hydroxyl groups excluding tert-OH is 1. The Bertz CT molecular complexity index is 581. The highest BCUT2D eigenvalue weighted by Gasteiger charge is 2.10. The Morgan fingerprint density at radius 1 is 1.41 bits per heavy atom. The summed E-state index contributed by atoms with van der Waals surface area (Å²) in [5.41, 5.74) is 1.74. The van der Waals surface area contributed by atoms with Crippen LogP contribution in [0.1, 0.15) is 15.9 Å². The molecule has 0 radical (unpaired) electrons. The van der Waals surface area contributed by atoms with Gasteiger partial charge in [0.2, 0.25) is 0 Å². The molecule has 0 fully saturated rings. The van der Waals surface area contributed by atoms with Gasteiger partial charge in [0.25, 0.3) is 5.91 Å². The normalized spacial score (nSPS) is 12.4. The smallest absolute Gasteiger partial charge is 0.251 e. The monoisotopic (exact) mass is 302 g/mol. The molecule has 1 heterocycles. The molecule has 0 aliphatic carbocycles. The molecule has 6 heteroatoms. The molecule has 0 bridgehead atoms. The fraction of sp³-hybridized carbons (Fsp3) is 0.375. The highest BCUT2D eigenvalue weighted by Crippen LogP contribution is 2.07. The van der Waals surface area contributed by atoms with E-state index in [2.05, 4.69) is 10.4 Å². The fourth-order valence-corrected chi connectivity index (χ4v) is 2.32. The zero-order valence-corrected chi connectivity index (χ0v) is 12.9. The summed E-state index contributed by atoms with van der Waals surface area (Å²) in [5.74, 6) is -0.0884. The van der Waals surface area contributed by atoms with Crippen LogP contribution in [0.4, 0.5) is 0 Å². The molecule has 1 unspecified atom stereocenters. The van der Waals surface area contributed by atoms with Crippen molar-refractivity contribution in [3.63, 3.8) is 0 Å². The summed E-state index contributed by atoms with van der Waals surface area (Å²) in [6.45, 7) is 1.74. The van der Waals surface area contributed by atoms with Crippen molar-refractivity contribution in [3.05, 3.63) is 53.9 Å². The maximum absolute atomic E-state index is 11.5. The van der Waals surface area contributed by atoms with Gasteiger partial charge in [-0.15, -0.1) is 0 Å². The van der Waals surface area contributed by atoms with Crippen molar-refractivity contribution in [3.8, 4) is 0 Å². The van der Waals surface area contributed by atoms with E-state index in [-0.39, 0.29) is 5.91 Å². The van der Waals surface area contributed by atoms with E-state index in [0.29, 0.717) is 25.2 Å². The number of carbonyl (C=O) groups excluding carboxylic acids is 1. The number of aromatic nitrogens is 2. The van der Waals surface area contributed by atoms with Crippen LogP contribution in [-0.2, 0) is 13.1 Å². The highest BCUT2D eigenvalue weighted by atomic mass is 16.3. The second kappa shape index (κ2) is 7.72. The van der Waals surface area contributed by atoms with E-state index in [1.807, 2.05) is 48.5 Å². The first kappa shape index (κ1) is 16.2. The first-order valence-corrected chi connectivity index (χ1v) is 7.23. The maximum atomic E-state index is 11.5. The summed E-state index contributed by atoms with van der Waals surface area (Å²) in [6, 6.07) is 9.32. The van der Waals surface area contributed by atoms with E-state index in [4.69, 9.17) is 0 Å². The molecular weight excluding hydrogens is 280 g/mol. The maximum Gasteiger partial charge on any atom is 0.251 e. The molecule has 1 amide bonds. The first-order valence-electron chi connectivity index (χ1n) is 7.23. The Morgan fingerprint density at radius 2 is 2.14 bits per heavy atom. The Balaban J connectivity index is 1.83. The molecule has 1 atom stereocenters. The molecule has 0 spiro atoms. The Labute approximate surface area is 130 Å². The lowest BCUT2D eigenvalue weighted by Crippen LogP contribution is -2.31. The zero-order chi connectivity index (χ0) is 15.9. The van der Waals surface area contributed by atoms with Crippen LogP contribution in [0.3, 0.4) is 0 Å². The van der Waals surface area contributed by atoms with Gasteiger partial charge in [-0.1, -0.05) is 12.1 Å². The van der Waals surface area contributed by atoms with Crippen LogP contribution < -0.4 is 5.32 Å².